The summed E-state index contributed by atoms with van der Waals surface area (Å²) in [5.74, 6) is -1.78. The van der Waals surface area contributed by atoms with Gasteiger partial charge in [-0.05, 0) is 49.2 Å². The molecule has 184 valence electrons. The summed E-state index contributed by atoms with van der Waals surface area (Å²) in [5.41, 5.74) is 1.81. The minimum absolute atomic E-state index is 0. The minimum Gasteiger partial charge on any atom is -0.379 e. The first-order valence-electron chi connectivity index (χ1n) is 10.8. The van der Waals surface area contributed by atoms with E-state index in [1.54, 1.807) is 0 Å². The van der Waals surface area contributed by atoms with E-state index >= 15 is 0 Å². The molecule has 1 saturated heterocycles. The number of nitrogens with zero attached hydrogens (tertiary/aromatic N) is 3. The van der Waals surface area contributed by atoms with E-state index in [0.717, 1.165) is 47.5 Å². The number of ether oxygens (including phenoxy) is 1. The van der Waals surface area contributed by atoms with Crippen molar-refractivity contribution in [1.29, 1.82) is 0 Å². The molecule has 0 radical (unpaired) electrons. The van der Waals surface area contributed by atoms with Crippen LogP contribution in [0.25, 0.3) is 10.2 Å². The molecule has 0 aliphatic carbocycles. The summed E-state index contributed by atoms with van der Waals surface area (Å²) < 4.78 is 45.2. The lowest BCUT2D eigenvalue weighted by Crippen LogP contribution is -2.40. The number of amides is 1. The van der Waals surface area contributed by atoms with Crippen molar-refractivity contribution >= 4 is 54.8 Å². The summed E-state index contributed by atoms with van der Waals surface area (Å²) >= 11 is 1.37. The zero-order valence-corrected chi connectivity index (χ0v) is 21.2. The molecule has 1 amide bonds. The molecule has 11 heteroatoms. The predicted octanol–water partition coefficient (Wildman–Crippen LogP) is 3.69. The number of thiazole rings is 1. The van der Waals surface area contributed by atoms with Crippen molar-refractivity contribution in [3.63, 3.8) is 0 Å². The van der Waals surface area contributed by atoms with Gasteiger partial charge in [-0.2, -0.15) is 0 Å². The number of hydrogen-bond donors (Lipinski definition) is 0. The largest absolute Gasteiger partial charge is 0.379 e. The van der Waals surface area contributed by atoms with Crippen LogP contribution in [-0.2, 0) is 19.4 Å². The maximum absolute atomic E-state index is 13.2. The number of morpholine rings is 1. The maximum Gasteiger partial charge on any atom is 0.244 e. The number of sulfone groups is 1. The van der Waals surface area contributed by atoms with Crippen molar-refractivity contribution in [2.45, 2.75) is 18.2 Å². The summed E-state index contributed by atoms with van der Waals surface area (Å²) in [4.78, 5) is 21.6. The lowest BCUT2D eigenvalue weighted by Gasteiger charge is -2.27. The van der Waals surface area contributed by atoms with Gasteiger partial charge in [0, 0.05) is 26.2 Å². The zero-order valence-electron chi connectivity index (χ0n) is 18.8. The number of benzene rings is 2. The molecule has 0 spiro atoms. The highest BCUT2D eigenvalue weighted by atomic mass is 35.5. The van der Waals surface area contributed by atoms with Crippen LogP contribution in [-0.4, -0.2) is 69.4 Å². The molecule has 0 N–H and O–H groups in total. The van der Waals surface area contributed by atoms with Crippen molar-refractivity contribution in [2.75, 3.05) is 50.0 Å². The van der Waals surface area contributed by atoms with Gasteiger partial charge in [0.15, 0.2) is 15.0 Å². The molecule has 7 nitrogen and oxygen atoms in total. The fourth-order valence-corrected chi connectivity index (χ4v) is 6.05. The number of hydrogen-bond acceptors (Lipinski definition) is 7. The average molecular weight is 528 g/mol. The van der Waals surface area contributed by atoms with Gasteiger partial charge in [0.1, 0.15) is 11.6 Å². The van der Waals surface area contributed by atoms with Gasteiger partial charge in [-0.25, -0.2) is 17.8 Å². The number of aromatic nitrogens is 1. The van der Waals surface area contributed by atoms with Gasteiger partial charge in [0.2, 0.25) is 5.91 Å². The summed E-state index contributed by atoms with van der Waals surface area (Å²) in [5, 5.41) is 0.487. The van der Waals surface area contributed by atoms with E-state index < -0.39 is 27.3 Å². The Labute approximate surface area is 208 Å². The number of para-hydroxylation sites is 1. The number of fused-ring (bicyclic) bond motifs is 1. The zero-order chi connectivity index (χ0) is 23.4. The Kier molecular flexibility index (Phi) is 9.00. The van der Waals surface area contributed by atoms with Crippen LogP contribution in [0.15, 0.2) is 47.4 Å². The minimum atomic E-state index is -3.92. The summed E-state index contributed by atoms with van der Waals surface area (Å²) in [6, 6.07) is 10.3. The van der Waals surface area contributed by atoms with E-state index in [-0.39, 0.29) is 17.3 Å². The number of anilines is 1. The molecule has 3 aromatic rings. The molecular weight excluding hydrogens is 501 g/mol. The number of carbonyl (C=O) groups excluding carboxylic acids is 1. The van der Waals surface area contributed by atoms with Crippen molar-refractivity contribution in [1.82, 2.24) is 9.88 Å². The van der Waals surface area contributed by atoms with Gasteiger partial charge >= 0.3 is 0 Å². The van der Waals surface area contributed by atoms with E-state index in [1.165, 1.54) is 28.4 Å². The summed E-state index contributed by atoms with van der Waals surface area (Å²) in [7, 11) is -3.92. The fraction of sp³-hybridized carbons (Fsp3) is 0.391. The quantitative estimate of drug-likeness (QED) is 0.416. The van der Waals surface area contributed by atoms with Crippen LogP contribution in [0.5, 0.6) is 0 Å². The van der Waals surface area contributed by atoms with Crippen LogP contribution in [0.1, 0.15) is 12.0 Å². The van der Waals surface area contributed by atoms with Gasteiger partial charge in [-0.3, -0.25) is 14.6 Å². The van der Waals surface area contributed by atoms with Gasteiger partial charge in [-0.15, -0.1) is 12.4 Å². The van der Waals surface area contributed by atoms with Crippen molar-refractivity contribution in [2.24, 2.45) is 0 Å². The Bertz CT molecular complexity index is 1230. The molecule has 1 aliphatic heterocycles. The molecule has 0 unspecified atom stereocenters. The highest BCUT2D eigenvalue weighted by molar-refractivity contribution is 7.92. The fourth-order valence-electron chi connectivity index (χ4n) is 3.76. The van der Waals surface area contributed by atoms with Crippen molar-refractivity contribution < 1.29 is 22.3 Å². The molecule has 2 aromatic carbocycles. The molecule has 0 saturated carbocycles. The topological polar surface area (TPSA) is 79.8 Å². The Hall–Kier alpha value is -2.11. The number of halogens is 2. The van der Waals surface area contributed by atoms with Crippen LogP contribution in [0.4, 0.5) is 9.52 Å². The Morgan fingerprint density at radius 3 is 2.56 bits per heavy atom. The Balaban J connectivity index is 0.00000324. The molecular formula is C23H27ClFN3O4S2. The smallest absolute Gasteiger partial charge is 0.244 e. The normalized spacial score (nSPS) is 14.6. The predicted molar refractivity (Wildman–Crippen MR) is 134 cm³/mol. The second-order valence-electron chi connectivity index (χ2n) is 7.98. The van der Waals surface area contributed by atoms with Gasteiger partial charge < -0.3 is 4.74 Å². The van der Waals surface area contributed by atoms with Crippen molar-refractivity contribution in [3.05, 3.63) is 53.8 Å². The van der Waals surface area contributed by atoms with Crippen LogP contribution < -0.4 is 4.90 Å². The number of aryl methyl sites for hydroxylation is 1. The Morgan fingerprint density at radius 1 is 1.18 bits per heavy atom. The lowest BCUT2D eigenvalue weighted by molar-refractivity contribution is -0.116. The second-order valence-corrected chi connectivity index (χ2v) is 11.0. The first kappa shape index (κ1) is 26.5. The van der Waals surface area contributed by atoms with Crippen LogP contribution in [0.2, 0.25) is 0 Å². The monoisotopic (exact) mass is 527 g/mol. The molecule has 1 aliphatic rings. The molecule has 1 fully saturated rings. The average Bonchev–Trinajstić information content (AvgIpc) is 3.22. The first-order valence-corrected chi connectivity index (χ1v) is 13.3. The second kappa shape index (κ2) is 11.5. The number of rotatable bonds is 8. The third-order valence-corrected chi connectivity index (χ3v) is 8.25. The molecule has 4 rings (SSSR count). The van der Waals surface area contributed by atoms with Crippen molar-refractivity contribution in [3.8, 4) is 0 Å². The Morgan fingerprint density at radius 2 is 1.88 bits per heavy atom. The van der Waals surface area contributed by atoms with E-state index in [4.69, 9.17) is 4.74 Å². The molecule has 34 heavy (non-hydrogen) atoms. The van der Waals surface area contributed by atoms with Crippen LogP contribution in [0.3, 0.4) is 0 Å². The third kappa shape index (κ3) is 6.31. The standard InChI is InChI=1S/C23H26FN3O4S2.ClH/c1-17-4-2-5-20-22(17)25-23(32-20)27(11-3-10-26-12-14-31-15-13-26)21(28)16-33(29,30)19-8-6-18(24)7-9-19;/h2,4-9H,3,10-16H2,1H3;1H. The van der Waals surface area contributed by atoms with E-state index in [1.807, 2.05) is 25.1 Å². The van der Waals surface area contributed by atoms with Gasteiger partial charge in [0.25, 0.3) is 0 Å². The SMILES string of the molecule is Cc1cccc2sc(N(CCCN3CCOCC3)C(=O)CS(=O)(=O)c3ccc(F)cc3)nc12.Cl. The number of carbonyl (C=O) groups is 1. The highest BCUT2D eigenvalue weighted by Gasteiger charge is 2.27. The van der Waals surface area contributed by atoms with Crippen LogP contribution >= 0.6 is 23.7 Å². The van der Waals surface area contributed by atoms with Crippen LogP contribution in [0, 0.1) is 12.7 Å². The summed E-state index contributed by atoms with van der Waals surface area (Å²) in [6.07, 6.45) is 0.678. The molecule has 0 bridgehead atoms. The van der Waals surface area contributed by atoms with E-state index in [0.29, 0.717) is 31.3 Å². The first-order chi connectivity index (χ1) is 15.8. The maximum atomic E-state index is 13.2. The van der Waals surface area contributed by atoms with E-state index in [9.17, 15) is 17.6 Å². The third-order valence-electron chi connectivity index (χ3n) is 5.59. The highest BCUT2D eigenvalue weighted by Crippen LogP contribution is 2.31. The summed E-state index contributed by atoms with van der Waals surface area (Å²) in [6.45, 7) is 6.15. The van der Waals surface area contributed by atoms with E-state index in [2.05, 4.69) is 9.88 Å². The molecule has 0 atom stereocenters. The van der Waals surface area contributed by atoms with Gasteiger partial charge in [-0.1, -0.05) is 23.5 Å². The molecule has 1 aromatic heterocycles. The lowest BCUT2D eigenvalue weighted by atomic mass is 10.2. The van der Waals surface area contributed by atoms with Gasteiger partial charge in [0.05, 0.1) is 28.3 Å². The molecule has 2 heterocycles.